The van der Waals surface area contributed by atoms with Crippen LogP contribution in [0.3, 0.4) is 0 Å². The summed E-state index contributed by atoms with van der Waals surface area (Å²) in [6.07, 6.45) is -0.0851. The fourth-order valence-electron chi connectivity index (χ4n) is 3.14. The highest BCUT2D eigenvalue weighted by Crippen LogP contribution is 2.49. The molecule has 2 aromatic rings. The van der Waals surface area contributed by atoms with Crippen molar-refractivity contribution in [2.75, 3.05) is 19.6 Å². The molecule has 0 bridgehead atoms. The van der Waals surface area contributed by atoms with Gasteiger partial charge in [-0.25, -0.2) is 0 Å². The van der Waals surface area contributed by atoms with Crippen LogP contribution in [0.15, 0.2) is 53.7 Å². The van der Waals surface area contributed by atoms with E-state index in [1.165, 1.54) is 12.1 Å². The van der Waals surface area contributed by atoms with Crippen molar-refractivity contribution in [3.63, 3.8) is 0 Å². The molecule has 1 heterocycles. The quantitative estimate of drug-likeness (QED) is 0.556. The van der Waals surface area contributed by atoms with Crippen molar-refractivity contribution in [2.24, 2.45) is 4.99 Å². The number of halogens is 3. The van der Waals surface area contributed by atoms with E-state index in [0.717, 1.165) is 36.6 Å². The van der Waals surface area contributed by atoms with Crippen LogP contribution in [0.5, 0.6) is 0 Å². The van der Waals surface area contributed by atoms with Crippen molar-refractivity contribution in [1.82, 2.24) is 15.6 Å². The van der Waals surface area contributed by atoms with Gasteiger partial charge in [0.15, 0.2) is 5.96 Å². The minimum Gasteiger partial charge on any atom is -0.357 e. The predicted molar refractivity (Wildman–Crippen MR) is 104 cm³/mol. The number of nitrogens with zero attached hydrogens (tertiary/aromatic N) is 2. The molecule has 0 aliphatic heterocycles. The Morgan fingerprint density at radius 1 is 1.14 bits per heavy atom. The lowest BCUT2D eigenvalue weighted by Crippen LogP contribution is -2.39. The molecule has 1 aliphatic carbocycles. The lowest BCUT2D eigenvalue weighted by Gasteiger charge is -2.17. The molecule has 0 spiro atoms. The van der Waals surface area contributed by atoms with E-state index >= 15 is 0 Å². The van der Waals surface area contributed by atoms with Crippen molar-refractivity contribution in [2.45, 2.75) is 37.8 Å². The molecule has 0 saturated heterocycles. The third-order valence-electron chi connectivity index (χ3n) is 4.94. The van der Waals surface area contributed by atoms with E-state index in [0.29, 0.717) is 25.6 Å². The molecule has 7 heteroatoms. The Hall–Kier alpha value is -2.57. The van der Waals surface area contributed by atoms with Crippen LogP contribution < -0.4 is 10.6 Å². The van der Waals surface area contributed by atoms with Gasteiger partial charge in [0, 0.05) is 36.8 Å². The SMILES string of the molecule is CCNC(=NCC1(c2cccc(C(F)(F)F)c2)CC1)NCCc1ccccn1. The van der Waals surface area contributed by atoms with Gasteiger partial charge in [0.05, 0.1) is 12.1 Å². The van der Waals surface area contributed by atoms with E-state index in [-0.39, 0.29) is 5.41 Å². The molecular weight excluding hydrogens is 365 g/mol. The van der Waals surface area contributed by atoms with Crippen LogP contribution >= 0.6 is 0 Å². The first-order valence-electron chi connectivity index (χ1n) is 9.53. The molecule has 1 fully saturated rings. The van der Waals surface area contributed by atoms with Gasteiger partial charge in [-0.05, 0) is 43.5 Å². The number of benzene rings is 1. The van der Waals surface area contributed by atoms with Crippen molar-refractivity contribution < 1.29 is 13.2 Å². The molecular formula is C21H25F3N4. The van der Waals surface area contributed by atoms with Gasteiger partial charge in [0.1, 0.15) is 0 Å². The topological polar surface area (TPSA) is 49.3 Å². The Labute approximate surface area is 163 Å². The Morgan fingerprint density at radius 3 is 2.61 bits per heavy atom. The van der Waals surface area contributed by atoms with Gasteiger partial charge < -0.3 is 10.6 Å². The first-order valence-corrected chi connectivity index (χ1v) is 9.53. The summed E-state index contributed by atoms with van der Waals surface area (Å²) in [4.78, 5) is 8.93. The standard InChI is InChI=1S/C21H25F3N4/c1-2-25-19(27-13-9-18-8-3-4-12-26-18)28-15-20(10-11-20)16-6-5-7-17(14-16)21(22,23)24/h3-8,12,14H,2,9-11,13,15H2,1H3,(H2,25,27,28). The Morgan fingerprint density at radius 2 is 1.96 bits per heavy atom. The first kappa shape index (κ1) is 20.2. The highest BCUT2D eigenvalue weighted by atomic mass is 19.4. The number of hydrogen-bond acceptors (Lipinski definition) is 2. The Balaban J connectivity index is 1.64. The van der Waals surface area contributed by atoms with Crippen LogP contribution in [0, 0.1) is 0 Å². The zero-order valence-corrected chi connectivity index (χ0v) is 15.9. The van der Waals surface area contributed by atoms with Gasteiger partial charge in [0.2, 0.25) is 0 Å². The number of pyridine rings is 1. The largest absolute Gasteiger partial charge is 0.416 e. The molecule has 0 amide bonds. The molecule has 0 radical (unpaired) electrons. The fraction of sp³-hybridized carbons (Fsp3) is 0.429. The lowest BCUT2D eigenvalue weighted by molar-refractivity contribution is -0.137. The normalized spacial score (nSPS) is 15.9. The lowest BCUT2D eigenvalue weighted by atomic mass is 9.94. The van der Waals surface area contributed by atoms with Crippen molar-refractivity contribution >= 4 is 5.96 Å². The zero-order valence-electron chi connectivity index (χ0n) is 15.9. The summed E-state index contributed by atoms with van der Waals surface area (Å²) < 4.78 is 39.1. The number of guanidine groups is 1. The van der Waals surface area contributed by atoms with Gasteiger partial charge in [0.25, 0.3) is 0 Å². The summed E-state index contributed by atoms with van der Waals surface area (Å²) in [5.41, 5.74) is 0.828. The predicted octanol–water partition coefficient (Wildman–Crippen LogP) is 3.93. The molecule has 0 atom stereocenters. The summed E-state index contributed by atoms with van der Waals surface area (Å²) in [5.74, 6) is 0.677. The molecule has 2 N–H and O–H groups in total. The smallest absolute Gasteiger partial charge is 0.357 e. The highest BCUT2D eigenvalue weighted by molar-refractivity contribution is 5.79. The first-order chi connectivity index (χ1) is 13.4. The van der Waals surface area contributed by atoms with Gasteiger partial charge in [-0.1, -0.05) is 24.3 Å². The molecule has 0 unspecified atom stereocenters. The van der Waals surface area contributed by atoms with E-state index in [1.807, 2.05) is 25.1 Å². The van der Waals surface area contributed by atoms with E-state index in [2.05, 4.69) is 20.6 Å². The van der Waals surface area contributed by atoms with Crippen LogP contribution in [0.25, 0.3) is 0 Å². The summed E-state index contributed by atoms with van der Waals surface area (Å²) >= 11 is 0. The summed E-state index contributed by atoms with van der Waals surface area (Å²) in [7, 11) is 0. The van der Waals surface area contributed by atoms with E-state index in [9.17, 15) is 13.2 Å². The van der Waals surface area contributed by atoms with Crippen molar-refractivity contribution in [1.29, 1.82) is 0 Å². The maximum absolute atomic E-state index is 13.0. The summed E-state index contributed by atoms with van der Waals surface area (Å²) in [6, 6.07) is 11.4. The molecule has 150 valence electrons. The molecule has 1 aromatic carbocycles. The van der Waals surface area contributed by atoms with Crippen LogP contribution in [-0.2, 0) is 18.0 Å². The number of hydrogen-bond donors (Lipinski definition) is 2. The molecule has 4 nitrogen and oxygen atoms in total. The van der Waals surface area contributed by atoms with Gasteiger partial charge in [-0.3, -0.25) is 9.98 Å². The summed E-state index contributed by atoms with van der Waals surface area (Å²) in [5, 5.41) is 6.47. The van der Waals surface area contributed by atoms with E-state index in [4.69, 9.17) is 0 Å². The average molecular weight is 390 g/mol. The molecule has 3 rings (SSSR count). The number of aliphatic imine (C=N–C) groups is 1. The third kappa shape index (κ3) is 5.24. The number of aromatic nitrogens is 1. The van der Waals surface area contributed by atoms with Gasteiger partial charge in [-0.15, -0.1) is 0 Å². The van der Waals surface area contributed by atoms with Crippen LogP contribution in [0.4, 0.5) is 13.2 Å². The van der Waals surface area contributed by atoms with Gasteiger partial charge in [-0.2, -0.15) is 13.2 Å². The highest BCUT2D eigenvalue weighted by Gasteiger charge is 2.45. The second-order valence-corrected chi connectivity index (χ2v) is 7.05. The van der Waals surface area contributed by atoms with E-state index < -0.39 is 11.7 Å². The minimum atomic E-state index is -4.32. The molecule has 28 heavy (non-hydrogen) atoms. The van der Waals surface area contributed by atoms with Crippen LogP contribution in [-0.4, -0.2) is 30.6 Å². The molecule has 1 aromatic heterocycles. The second-order valence-electron chi connectivity index (χ2n) is 7.05. The van der Waals surface area contributed by atoms with E-state index in [1.54, 1.807) is 12.3 Å². The second kappa shape index (κ2) is 8.63. The third-order valence-corrected chi connectivity index (χ3v) is 4.94. The van der Waals surface area contributed by atoms with Crippen LogP contribution in [0.1, 0.15) is 36.6 Å². The summed E-state index contributed by atoms with van der Waals surface area (Å²) in [6.45, 7) is 3.84. The number of alkyl halides is 3. The van der Waals surface area contributed by atoms with Crippen LogP contribution in [0.2, 0.25) is 0 Å². The monoisotopic (exact) mass is 390 g/mol. The molecule has 1 aliphatic rings. The van der Waals surface area contributed by atoms with Gasteiger partial charge >= 0.3 is 6.18 Å². The Kier molecular flexibility index (Phi) is 6.21. The average Bonchev–Trinajstić information content (AvgIpc) is 3.48. The maximum Gasteiger partial charge on any atom is 0.416 e. The number of nitrogens with one attached hydrogen (secondary N) is 2. The number of rotatable bonds is 7. The maximum atomic E-state index is 13.0. The Bertz CT molecular complexity index is 799. The van der Waals surface area contributed by atoms with Crippen molar-refractivity contribution in [3.05, 3.63) is 65.5 Å². The van der Waals surface area contributed by atoms with Crippen molar-refractivity contribution in [3.8, 4) is 0 Å². The zero-order chi connectivity index (χ0) is 20.0. The fourth-order valence-corrected chi connectivity index (χ4v) is 3.14. The minimum absolute atomic E-state index is 0.287. The molecule has 1 saturated carbocycles.